The van der Waals surface area contributed by atoms with E-state index in [4.69, 9.17) is 4.74 Å². The second-order valence-corrected chi connectivity index (χ2v) is 4.64. The van der Waals surface area contributed by atoms with Gasteiger partial charge in [-0.15, -0.1) is 0 Å². The largest absolute Gasteiger partial charge is 0.340 e. The number of quaternary nitrogens is 2. The second-order valence-electron chi connectivity index (χ2n) is 4.64. The third-order valence-corrected chi connectivity index (χ3v) is 1.44. The number of rotatable bonds is 6. The molecule has 0 saturated heterocycles. The van der Waals surface area contributed by atoms with Gasteiger partial charge in [-0.1, -0.05) is 0 Å². The highest BCUT2D eigenvalue weighted by Crippen LogP contribution is 1.90. The van der Waals surface area contributed by atoms with Gasteiger partial charge in [-0.3, -0.25) is 0 Å². The first-order valence-electron chi connectivity index (χ1n) is 4.59. The molecule has 0 radical (unpaired) electrons. The summed E-state index contributed by atoms with van der Waals surface area (Å²) in [5.41, 5.74) is 0. The first-order valence-corrected chi connectivity index (χ1v) is 4.59. The maximum absolute atomic E-state index is 5.51. The molecule has 0 aliphatic rings. The number of nitrogens with one attached hydrogen (secondary N) is 1. The summed E-state index contributed by atoms with van der Waals surface area (Å²) in [6.07, 6.45) is 1.16. The molecule has 0 rings (SSSR count). The highest BCUT2D eigenvalue weighted by molar-refractivity contribution is 4.28. The number of hydrogen-bond acceptors (Lipinski definition) is 1. The molecule has 0 unspecified atom stereocenters. The Balaban J connectivity index is 3.12. The zero-order chi connectivity index (χ0) is 9.61. The van der Waals surface area contributed by atoms with Gasteiger partial charge in [-0.05, 0) is 0 Å². The van der Waals surface area contributed by atoms with Crippen LogP contribution in [0.5, 0.6) is 0 Å². The average molecular weight is 176 g/mol. The lowest BCUT2D eigenvalue weighted by molar-refractivity contribution is -0.891. The van der Waals surface area contributed by atoms with E-state index in [1.165, 1.54) is 11.4 Å². The Morgan fingerprint density at radius 2 is 1.75 bits per heavy atom. The molecule has 0 aromatic heterocycles. The molecule has 0 spiro atoms. The summed E-state index contributed by atoms with van der Waals surface area (Å²) in [6, 6.07) is 0. The zero-order valence-electron chi connectivity index (χ0n) is 9.18. The Bertz CT molecular complexity index is 108. The molecule has 12 heavy (non-hydrogen) atoms. The van der Waals surface area contributed by atoms with E-state index in [1.807, 2.05) is 0 Å². The van der Waals surface area contributed by atoms with E-state index in [2.05, 4.69) is 35.2 Å². The van der Waals surface area contributed by atoms with Crippen LogP contribution in [0.2, 0.25) is 0 Å². The fourth-order valence-electron chi connectivity index (χ4n) is 0.866. The van der Waals surface area contributed by atoms with E-state index in [0.29, 0.717) is 0 Å². The van der Waals surface area contributed by atoms with E-state index in [1.54, 1.807) is 0 Å². The van der Waals surface area contributed by atoms with Gasteiger partial charge >= 0.3 is 0 Å². The molecule has 0 atom stereocenters. The molecular formula is C9H24N2O+2. The summed E-state index contributed by atoms with van der Waals surface area (Å²) in [5, 5.41) is 0. The monoisotopic (exact) mass is 176 g/mol. The van der Waals surface area contributed by atoms with Crippen LogP contribution in [-0.4, -0.2) is 59.6 Å². The van der Waals surface area contributed by atoms with E-state index >= 15 is 0 Å². The van der Waals surface area contributed by atoms with Crippen LogP contribution in [0.1, 0.15) is 6.42 Å². The van der Waals surface area contributed by atoms with Crippen LogP contribution in [0.15, 0.2) is 0 Å². The van der Waals surface area contributed by atoms with Crippen LogP contribution in [0.3, 0.4) is 0 Å². The lowest BCUT2D eigenvalue weighted by atomic mass is 10.4. The molecule has 0 bridgehead atoms. The van der Waals surface area contributed by atoms with Crippen molar-refractivity contribution in [1.82, 2.24) is 0 Å². The van der Waals surface area contributed by atoms with E-state index in [0.717, 1.165) is 24.2 Å². The molecule has 0 aliphatic heterocycles. The number of ether oxygens (including phenoxy) is 1. The van der Waals surface area contributed by atoms with Crippen LogP contribution in [-0.2, 0) is 4.74 Å². The fraction of sp³-hybridized carbons (Fsp3) is 1.00. The van der Waals surface area contributed by atoms with Gasteiger partial charge in [0.1, 0.15) is 0 Å². The van der Waals surface area contributed by atoms with Crippen molar-refractivity contribution in [2.45, 2.75) is 6.42 Å². The molecule has 0 fully saturated rings. The number of nitrogens with zero attached hydrogens (tertiary/aromatic N) is 1. The summed E-state index contributed by atoms with van der Waals surface area (Å²) in [7, 11) is 10.7. The normalized spacial score (nSPS) is 12.5. The molecule has 74 valence electrons. The topological polar surface area (TPSA) is 13.7 Å². The van der Waals surface area contributed by atoms with E-state index in [9.17, 15) is 0 Å². The van der Waals surface area contributed by atoms with Crippen molar-refractivity contribution in [1.29, 1.82) is 0 Å². The number of hydrogen-bond donors (Lipinski definition) is 1. The maximum atomic E-state index is 5.51. The maximum Gasteiger partial charge on any atom is 0.182 e. The Hall–Kier alpha value is -0.120. The van der Waals surface area contributed by atoms with Crippen LogP contribution in [0, 0.1) is 0 Å². The second kappa shape index (κ2) is 5.51. The molecule has 3 nitrogen and oxygen atoms in total. The molecule has 0 aromatic carbocycles. The van der Waals surface area contributed by atoms with Crippen molar-refractivity contribution in [2.24, 2.45) is 0 Å². The summed E-state index contributed by atoms with van der Waals surface area (Å²) >= 11 is 0. The quantitative estimate of drug-likeness (QED) is 0.318. The highest BCUT2D eigenvalue weighted by atomic mass is 16.5. The standard InChI is InChI=1S/C9H23N2O/c1-10(2)7-6-8-12-9-11(3,4)5/h6-9H2,1-5H3/q+1/p+1. The smallest absolute Gasteiger partial charge is 0.182 e. The van der Waals surface area contributed by atoms with Gasteiger partial charge in [0.15, 0.2) is 6.73 Å². The predicted octanol–water partition coefficient (Wildman–Crippen LogP) is -0.799. The Morgan fingerprint density at radius 1 is 1.17 bits per heavy atom. The van der Waals surface area contributed by atoms with Crippen molar-refractivity contribution < 1.29 is 14.1 Å². The third kappa shape index (κ3) is 9.88. The van der Waals surface area contributed by atoms with Crippen molar-refractivity contribution in [2.75, 3.05) is 55.1 Å². The van der Waals surface area contributed by atoms with Crippen LogP contribution in [0.25, 0.3) is 0 Å². The van der Waals surface area contributed by atoms with Gasteiger partial charge in [0.25, 0.3) is 0 Å². The molecule has 0 aliphatic carbocycles. The SMILES string of the molecule is C[NH+](C)CCCOC[N+](C)(C)C. The van der Waals surface area contributed by atoms with E-state index < -0.39 is 0 Å². The molecule has 3 heteroatoms. The first kappa shape index (κ1) is 11.9. The van der Waals surface area contributed by atoms with Gasteiger partial charge < -0.3 is 14.1 Å². The van der Waals surface area contributed by atoms with Crippen LogP contribution >= 0.6 is 0 Å². The van der Waals surface area contributed by atoms with Gasteiger partial charge in [0.2, 0.25) is 0 Å². The van der Waals surface area contributed by atoms with Crippen molar-refractivity contribution in [3.05, 3.63) is 0 Å². The minimum atomic E-state index is 0.808. The Labute approximate surface area is 76.5 Å². The average Bonchev–Trinajstić information content (AvgIpc) is 1.83. The van der Waals surface area contributed by atoms with Crippen molar-refractivity contribution in [3.63, 3.8) is 0 Å². The van der Waals surface area contributed by atoms with Gasteiger partial charge in [0.05, 0.1) is 48.4 Å². The minimum Gasteiger partial charge on any atom is -0.340 e. The molecular weight excluding hydrogens is 152 g/mol. The zero-order valence-corrected chi connectivity index (χ0v) is 9.18. The lowest BCUT2D eigenvalue weighted by Gasteiger charge is -2.23. The molecule has 0 aromatic rings. The van der Waals surface area contributed by atoms with Crippen LogP contribution in [0.4, 0.5) is 0 Å². The molecule has 1 N–H and O–H groups in total. The first-order chi connectivity index (χ1) is 5.42. The Morgan fingerprint density at radius 3 is 2.17 bits per heavy atom. The summed E-state index contributed by atoms with van der Waals surface area (Å²) in [4.78, 5) is 1.49. The Kier molecular flexibility index (Phi) is 5.46. The summed E-state index contributed by atoms with van der Waals surface area (Å²) < 4.78 is 6.39. The van der Waals surface area contributed by atoms with Crippen LogP contribution < -0.4 is 4.90 Å². The van der Waals surface area contributed by atoms with Crippen molar-refractivity contribution >= 4 is 0 Å². The molecule has 0 heterocycles. The minimum absolute atomic E-state index is 0.808. The third-order valence-electron chi connectivity index (χ3n) is 1.44. The fourth-order valence-corrected chi connectivity index (χ4v) is 0.866. The van der Waals surface area contributed by atoms with Crippen molar-refractivity contribution in [3.8, 4) is 0 Å². The highest BCUT2D eigenvalue weighted by Gasteiger charge is 2.05. The van der Waals surface area contributed by atoms with Gasteiger partial charge in [0, 0.05) is 6.42 Å². The predicted molar refractivity (Wildman–Crippen MR) is 51.1 cm³/mol. The summed E-state index contributed by atoms with van der Waals surface area (Å²) in [5.74, 6) is 0. The lowest BCUT2D eigenvalue weighted by Crippen LogP contribution is -3.05. The summed E-state index contributed by atoms with van der Waals surface area (Å²) in [6.45, 7) is 2.89. The van der Waals surface area contributed by atoms with E-state index in [-0.39, 0.29) is 0 Å². The molecule has 0 amide bonds. The van der Waals surface area contributed by atoms with Gasteiger partial charge in [-0.2, -0.15) is 0 Å². The molecule has 0 saturated carbocycles. The van der Waals surface area contributed by atoms with Gasteiger partial charge in [-0.25, -0.2) is 0 Å².